The van der Waals surface area contributed by atoms with Crippen LogP contribution in [0.2, 0.25) is 5.02 Å². The van der Waals surface area contributed by atoms with Gasteiger partial charge in [0.15, 0.2) is 0 Å². The minimum Gasteiger partial charge on any atom is -0.197 e. The maximum absolute atomic E-state index is 12.6. The minimum absolute atomic E-state index is 0.0230. The van der Waals surface area contributed by atoms with Crippen molar-refractivity contribution in [3.8, 4) is 12.1 Å². The van der Waals surface area contributed by atoms with Crippen LogP contribution in [0.4, 0.5) is 13.2 Å². The third-order valence-corrected chi connectivity index (χ3v) is 3.43. The Bertz CT molecular complexity index is 595. The van der Waals surface area contributed by atoms with E-state index in [4.69, 9.17) is 11.6 Å². The van der Waals surface area contributed by atoms with Gasteiger partial charge in [0.05, 0.1) is 17.7 Å². The van der Waals surface area contributed by atoms with Crippen LogP contribution in [0.15, 0.2) is 30.9 Å². The van der Waals surface area contributed by atoms with E-state index in [1.54, 1.807) is 6.08 Å². The summed E-state index contributed by atoms with van der Waals surface area (Å²) in [5.74, 6) is 0. The first-order chi connectivity index (χ1) is 9.78. The van der Waals surface area contributed by atoms with Crippen LogP contribution in [0.5, 0.6) is 0 Å². The Morgan fingerprint density at radius 1 is 1.24 bits per heavy atom. The monoisotopic (exact) mass is 312 g/mol. The van der Waals surface area contributed by atoms with Gasteiger partial charge < -0.3 is 0 Å². The molecular weight excluding hydrogens is 301 g/mol. The Kier molecular flexibility index (Phi) is 5.41. The van der Waals surface area contributed by atoms with Crippen LogP contribution in [0.1, 0.15) is 24.0 Å². The number of nitriles is 2. The van der Waals surface area contributed by atoms with Crippen LogP contribution in [0, 0.1) is 28.1 Å². The second-order valence-electron chi connectivity index (χ2n) is 4.61. The maximum atomic E-state index is 12.6. The van der Waals surface area contributed by atoms with Gasteiger partial charge in [-0.15, -0.1) is 6.58 Å². The molecule has 0 heterocycles. The highest BCUT2D eigenvalue weighted by molar-refractivity contribution is 6.31. The van der Waals surface area contributed by atoms with Gasteiger partial charge in [-0.2, -0.15) is 23.7 Å². The summed E-state index contributed by atoms with van der Waals surface area (Å²) in [6.45, 7) is 3.53. The molecule has 0 saturated carbocycles. The largest absolute Gasteiger partial charge is 0.416 e. The van der Waals surface area contributed by atoms with Crippen LogP contribution in [-0.4, -0.2) is 0 Å². The molecule has 0 spiro atoms. The number of allylic oxidation sites excluding steroid dienone is 1. The van der Waals surface area contributed by atoms with Gasteiger partial charge in [-0.1, -0.05) is 23.7 Å². The Morgan fingerprint density at radius 2 is 1.86 bits per heavy atom. The zero-order chi connectivity index (χ0) is 16.1. The summed E-state index contributed by atoms with van der Waals surface area (Å²) in [6, 6.07) is 6.78. The molecule has 1 rings (SSSR count). The smallest absolute Gasteiger partial charge is 0.197 e. The second-order valence-corrected chi connectivity index (χ2v) is 5.02. The standard InChI is InChI=1S/C15H12ClF3N2/c1-2-3-6-14(9-20,10-21)8-11-4-5-12(7-13(11)16)15(17,18)19/h2,4-5,7H,1,3,6,8H2. The van der Waals surface area contributed by atoms with Gasteiger partial charge in [0, 0.05) is 11.4 Å². The second kappa shape index (κ2) is 6.65. The zero-order valence-electron chi connectivity index (χ0n) is 11.0. The molecule has 21 heavy (non-hydrogen) atoms. The Hall–Kier alpha value is -1.98. The van der Waals surface area contributed by atoms with Crippen LogP contribution in [0.25, 0.3) is 0 Å². The normalized spacial score (nSPS) is 11.5. The molecule has 0 amide bonds. The molecule has 0 saturated heterocycles. The Labute approximate surface area is 126 Å². The van der Waals surface area contributed by atoms with Crippen LogP contribution < -0.4 is 0 Å². The highest BCUT2D eigenvalue weighted by Gasteiger charge is 2.33. The van der Waals surface area contributed by atoms with E-state index in [-0.39, 0.29) is 17.9 Å². The molecule has 0 fully saturated rings. The van der Waals surface area contributed by atoms with E-state index in [1.807, 2.05) is 12.1 Å². The van der Waals surface area contributed by atoms with E-state index in [9.17, 15) is 23.7 Å². The quantitative estimate of drug-likeness (QED) is 0.726. The summed E-state index contributed by atoms with van der Waals surface area (Å²) in [5.41, 5.74) is -1.84. The lowest BCUT2D eigenvalue weighted by Crippen LogP contribution is -2.20. The predicted molar refractivity (Wildman–Crippen MR) is 73.2 cm³/mol. The summed E-state index contributed by atoms with van der Waals surface area (Å²) < 4.78 is 37.7. The molecule has 0 atom stereocenters. The van der Waals surface area contributed by atoms with Gasteiger partial charge in [0.1, 0.15) is 5.41 Å². The summed E-state index contributed by atoms with van der Waals surface area (Å²) >= 11 is 5.85. The van der Waals surface area contributed by atoms with Crippen molar-refractivity contribution in [2.45, 2.75) is 25.4 Å². The van der Waals surface area contributed by atoms with E-state index in [0.717, 1.165) is 12.1 Å². The van der Waals surface area contributed by atoms with Crippen molar-refractivity contribution >= 4 is 11.6 Å². The Morgan fingerprint density at radius 3 is 2.29 bits per heavy atom. The third-order valence-electron chi connectivity index (χ3n) is 3.08. The maximum Gasteiger partial charge on any atom is 0.416 e. The number of benzene rings is 1. The van der Waals surface area contributed by atoms with Gasteiger partial charge in [0.25, 0.3) is 0 Å². The highest BCUT2D eigenvalue weighted by Crippen LogP contribution is 2.35. The van der Waals surface area contributed by atoms with Gasteiger partial charge in [-0.05, 0) is 30.5 Å². The van der Waals surface area contributed by atoms with Gasteiger partial charge in [0.2, 0.25) is 0 Å². The average molecular weight is 313 g/mol. The third kappa shape index (κ3) is 4.24. The molecule has 1 aromatic rings. The summed E-state index contributed by atoms with van der Waals surface area (Å²) in [6.07, 6.45) is -2.21. The van der Waals surface area contributed by atoms with Crippen molar-refractivity contribution in [2.24, 2.45) is 5.41 Å². The SMILES string of the molecule is C=CCCC(C#N)(C#N)Cc1ccc(C(F)(F)F)cc1Cl. The van der Waals surface area contributed by atoms with Gasteiger partial charge >= 0.3 is 6.18 Å². The fourth-order valence-electron chi connectivity index (χ4n) is 1.84. The fraction of sp³-hybridized carbons (Fsp3) is 0.333. The molecule has 0 aromatic heterocycles. The van der Waals surface area contributed by atoms with E-state index in [0.29, 0.717) is 12.0 Å². The highest BCUT2D eigenvalue weighted by atomic mass is 35.5. The van der Waals surface area contributed by atoms with Crippen molar-refractivity contribution in [3.05, 3.63) is 47.0 Å². The lowest BCUT2D eigenvalue weighted by atomic mass is 9.80. The molecule has 6 heteroatoms. The van der Waals surface area contributed by atoms with Crippen molar-refractivity contribution < 1.29 is 13.2 Å². The van der Waals surface area contributed by atoms with E-state index >= 15 is 0 Å². The minimum atomic E-state index is -4.48. The first-order valence-corrected chi connectivity index (χ1v) is 6.45. The first-order valence-electron chi connectivity index (χ1n) is 6.07. The van der Waals surface area contributed by atoms with E-state index < -0.39 is 17.2 Å². The summed E-state index contributed by atoms with van der Waals surface area (Å²) in [4.78, 5) is 0. The molecule has 0 bridgehead atoms. The molecule has 2 nitrogen and oxygen atoms in total. The molecule has 0 radical (unpaired) electrons. The zero-order valence-corrected chi connectivity index (χ0v) is 11.8. The number of rotatable bonds is 5. The number of hydrogen-bond acceptors (Lipinski definition) is 2. The summed E-state index contributed by atoms with van der Waals surface area (Å²) in [7, 11) is 0. The average Bonchev–Trinajstić information content (AvgIpc) is 2.44. The topological polar surface area (TPSA) is 47.6 Å². The molecule has 0 N–H and O–H groups in total. The van der Waals surface area contributed by atoms with Crippen molar-refractivity contribution in [3.63, 3.8) is 0 Å². The number of alkyl halides is 3. The number of halogens is 4. The van der Waals surface area contributed by atoms with Crippen molar-refractivity contribution in [1.29, 1.82) is 10.5 Å². The number of nitrogens with zero attached hydrogens (tertiary/aromatic N) is 2. The van der Waals surface area contributed by atoms with E-state index in [2.05, 4.69) is 6.58 Å². The molecule has 110 valence electrons. The molecular formula is C15H12ClF3N2. The molecule has 0 aliphatic heterocycles. The first kappa shape index (κ1) is 17.1. The van der Waals surface area contributed by atoms with Crippen molar-refractivity contribution in [2.75, 3.05) is 0 Å². The van der Waals surface area contributed by atoms with Gasteiger partial charge in [-0.3, -0.25) is 0 Å². The van der Waals surface area contributed by atoms with Crippen LogP contribution in [0.3, 0.4) is 0 Å². The van der Waals surface area contributed by atoms with Crippen LogP contribution in [-0.2, 0) is 12.6 Å². The Balaban J connectivity index is 3.09. The fourth-order valence-corrected chi connectivity index (χ4v) is 2.09. The lowest BCUT2D eigenvalue weighted by molar-refractivity contribution is -0.137. The lowest BCUT2D eigenvalue weighted by Gasteiger charge is -2.19. The predicted octanol–water partition coefficient (Wildman–Crippen LogP) is 4.90. The molecule has 0 unspecified atom stereocenters. The van der Waals surface area contributed by atoms with Crippen molar-refractivity contribution in [1.82, 2.24) is 0 Å². The van der Waals surface area contributed by atoms with Crippen LogP contribution >= 0.6 is 11.6 Å². The van der Waals surface area contributed by atoms with E-state index in [1.165, 1.54) is 6.07 Å². The summed E-state index contributed by atoms with van der Waals surface area (Å²) in [5, 5.41) is 18.3. The molecule has 0 aliphatic carbocycles. The molecule has 1 aromatic carbocycles. The van der Waals surface area contributed by atoms with Gasteiger partial charge in [-0.25, -0.2) is 0 Å². The number of hydrogen-bond donors (Lipinski definition) is 0. The molecule has 0 aliphatic rings.